The van der Waals surface area contributed by atoms with Crippen LogP contribution in [0.1, 0.15) is 44.8 Å². The van der Waals surface area contributed by atoms with Crippen molar-refractivity contribution < 1.29 is 23.5 Å². The van der Waals surface area contributed by atoms with Crippen LogP contribution in [0.4, 0.5) is 20.6 Å². The number of anilines is 1. The highest BCUT2D eigenvalue weighted by Gasteiger charge is 2.63. The number of urea groups is 1. The number of β-lactam (4-membered cyclic amide) rings is 1. The minimum atomic E-state index is -0.831. The zero-order valence-electron chi connectivity index (χ0n) is 21.4. The maximum atomic E-state index is 13.8. The van der Waals surface area contributed by atoms with Gasteiger partial charge in [-0.1, -0.05) is 37.9 Å². The Bertz CT molecular complexity index is 1270. The number of carbonyl (C=O) groups is 3. The van der Waals surface area contributed by atoms with Crippen molar-refractivity contribution in [3.8, 4) is 0 Å². The number of likely N-dealkylation sites (tertiary alicyclic amines) is 1. The summed E-state index contributed by atoms with van der Waals surface area (Å²) >= 11 is 6.01. The van der Waals surface area contributed by atoms with E-state index in [2.05, 4.69) is 15.1 Å². The molecule has 200 valence electrons. The summed E-state index contributed by atoms with van der Waals surface area (Å²) < 4.78 is 18.7. The third-order valence-electron chi connectivity index (χ3n) is 7.68. The monoisotopic (exact) mass is 541 g/mol. The Morgan fingerprint density at radius 3 is 2.58 bits per heavy atom. The van der Waals surface area contributed by atoms with Gasteiger partial charge in [-0.3, -0.25) is 9.78 Å². The molecule has 3 atom stereocenters. The summed E-state index contributed by atoms with van der Waals surface area (Å²) in [5.74, 6) is -1.36. The zero-order chi connectivity index (χ0) is 27.6. The zero-order valence-corrected chi connectivity index (χ0v) is 22.2. The summed E-state index contributed by atoms with van der Waals surface area (Å²) in [4.78, 5) is 50.0. The van der Waals surface area contributed by atoms with Gasteiger partial charge >= 0.3 is 12.0 Å². The molecule has 1 aromatic heterocycles. The highest BCUT2D eigenvalue weighted by molar-refractivity contribution is 6.31. The molecule has 11 heteroatoms. The Labute approximate surface area is 225 Å². The van der Waals surface area contributed by atoms with Gasteiger partial charge in [0.2, 0.25) is 11.6 Å². The lowest BCUT2D eigenvalue weighted by Crippen LogP contribution is -2.67. The lowest BCUT2D eigenvalue weighted by Gasteiger charge is -2.58. The molecule has 3 heterocycles. The Kier molecular flexibility index (Phi) is 7.88. The van der Waals surface area contributed by atoms with Crippen LogP contribution in [0.2, 0.25) is 5.02 Å². The summed E-state index contributed by atoms with van der Waals surface area (Å²) in [5.41, 5.74) is 0.585. The fraction of sp³-hybridized carbons (Fsp3) is 0.444. The third kappa shape index (κ3) is 4.78. The van der Waals surface area contributed by atoms with E-state index in [0.29, 0.717) is 49.4 Å². The summed E-state index contributed by atoms with van der Waals surface area (Å²) in [7, 11) is 1.29. The highest BCUT2D eigenvalue weighted by Crippen LogP contribution is 2.57. The number of pyridine rings is 1. The predicted octanol–water partition coefficient (Wildman–Crippen LogP) is 4.89. The van der Waals surface area contributed by atoms with Crippen molar-refractivity contribution in [2.75, 3.05) is 25.1 Å². The fourth-order valence-corrected chi connectivity index (χ4v) is 5.39. The van der Waals surface area contributed by atoms with Gasteiger partial charge in [-0.2, -0.15) is 0 Å². The summed E-state index contributed by atoms with van der Waals surface area (Å²) in [6.45, 7) is 11.6. The molecular formula is C27H29ClFN5O4. The SMILES string of the molecule is [C-]#[N+]c1ccc(C2N(c3ccc(F)c(Cl)c3)C(=O)C23CCN(C(=O)N[C@H](C(=O)OC)C(C)CC)CC3)nc1. The van der Waals surface area contributed by atoms with Crippen LogP contribution in [-0.4, -0.2) is 54.0 Å². The lowest BCUT2D eigenvalue weighted by atomic mass is 9.63. The second-order valence-electron chi connectivity index (χ2n) is 9.71. The molecule has 1 N–H and O–H groups in total. The molecule has 0 radical (unpaired) electrons. The number of amides is 3. The molecule has 3 amide bonds. The molecule has 1 aromatic carbocycles. The van der Waals surface area contributed by atoms with Crippen LogP contribution < -0.4 is 10.2 Å². The minimum Gasteiger partial charge on any atom is -0.467 e. The van der Waals surface area contributed by atoms with E-state index in [4.69, 9.17) is 22.9 Å². The standard InChI is InChI=1S/C27H29ClFN5O4/c1-5-16(2)22(24(35)38-4)32-26(37)33-12-10-27(11-13-33)23(21-9-6-17(30-3)15-31-21)34(25(27)36)18-7-8-20(29)19(28)14-18/h6-9,14-16,22-23H,5,10-13H2,1-2,4H3,(H,32,37)/t16?,22-,23?/m0/s1. The number of hydrogen-bond donors (Lipinski definition) is 1. The highest BCUT2D eigenvalue weighted by atomic mass is 35.5. The quantitative estimate of drug-likeness (QED) is 0.319. The van der Waals surface area contributed by atoms with E-state index in [1.54, 1.807) is 21.9 Å². The second-order valence-corrected chi connectivity index (χ2v) is 10.1. The van der Waals surface area contributed by atoms with Crippen LogP contribution in [0.15, 0.2) is 36.5 Å². The Morgan fingerprint density at radius 1 is 1.32 bits per heavy atom. The number of benzene rings is 1. The number of esters is 1. The van der Waals surface area contributed by atoms with Crippen LogP contribution in [0.5, 0.6) is 0 Å². The number of halogens is 2. The molecule has 0 aliphatic carbocycles. The summed E-state index contributed by atoms with van der Waals surface area (Å²) in [6.07, 6.45) is 2.88. The van der Waals surface area contributed by atoms with Crippen LogP contribution in [-0.2, 0) is 14.3 Å². The largest absolute Gasteiger partial charge is 0.467 e. The molecule has 2 aromatic rings. The Balaban J connectivity index is 1.57. The number of rotatable bonds is 6. The average Bonchev–Trinajstić information content (AvgIpc) is 2.95. The van der Waals surface area contributed by atoms with Gasteiger partial charge in [0.05, 0.1) is 35.9 Å². The van der Waals surface area contributed by atoms with Crippen LogP contribution in [0, 0.1) is 23.7 Å². The van der Waals surface area contributed by atoms with E-state index >= 15 is 0 Å². The van der Waals surface area contributed by atoms with Crippen LogP contribution >= 0.6 is 11.6 Å². The first kappa shape index (κ1) is 27.3. The number of piperidine rings is 1. The molecule has 2 aliphatic heterocycles. The van der Waals surface area contributed by atoms with E-state index in [-0.39, 0.29) is 22.9 Å². The van der Waals surface area contributed by atoms with Crippen molar-refractivity contribution in [3.63, 3.8) is 0 Å². The van der Waals surface area contributed by atoms with Gasteiger partial charge in [0, 0.05) is 25.0 Å². The molecule has 2 fully saturated rings. The van der Waals surface area contributed by atoms with Crippen LogP contribution in [0.25, 0.3) is 4.85 Å². The average molecular weight is 542 g/mol. The molecule has 9 nitrogen and oxygen atoms in total. The topological polar surface area (TPSA) is 96.2 Å². The Hall–Kier alpha value is -3.71. The van der Waals surface area contributed by atoms with Crippen molar-refractivity contribution >= 4 is 40.9 Å². The third-order valence-corrected chi connectivity index (χ3v) is 7.97. The maximum absolute atomic E-state index is 13.8. The second kappa shape index (κ2) is 11.0. The van der Waals surface area contributed by atoms with Gasteiger partial charge in [-0.15, -0.1) is 0 Å². The molecule has 2 aliphatic rings. The number of nitrogens with zero attached hydrogens (tertiary/aromatic N) is 4. The van der Waals surface area contributed by atoms with Gasteiger partial charge in [-0.25, -0.2) is 18.8 Å². The first-order valence-corrected chi connectivity index (χ1v) is 12.8. The molecule has 1 spiro atoms. The normalized spacial score (nSPS) is 19.8. The maximum Gasteiger partial charge on any atom is 0.328 e. The Morgan fingerprint density at radius 2 is 2.03 bits per heavy atom. The van der Waals surface area contributed by atoms with E-state index < -0.39 is 29.3 Å². The van der Waals surface area contributed by atoms with Crippen molar-refractivity contribution in [2.24, 2.45) is 11.3 Å². The minimum absolute atomic E-state index is 0.0979. The molecular weight excluding hydrogens is 513 g/mol. The van der Waals surface area contributed by atoms with Gasteiger partial charge < -0.3 is 19.9 Å². The molecule has 0 saturated carbocycles. The number of hydrogen-bond acceptors (Lipinski definition) is 5. The molecule has 2 saturated heterocycles. The summed E-state index contributed by atoms with van der Waals surface area (Å²) in [5, 5.41) is 2.69. The van der Waals surface area contributed by atoms with E-state index in [1.165, 1.54) is 31.5 Å². The van der Waals surface area contributed by atoms with E-state index in [0.717, 1.165) is 0 Å². The van der Waals surface area contributed by atoms with Crippen LogP contribution in [0.3, 0.4) is 0 Å². The molecule has 4 rings (SSSR count). The van der Waals surface area contributed by atoms with Crippen molar-refractivity contribution in [1.29, 1.82) is 0 Å². The number of nitrogens with one attached hydrogen (secondary N) is 1. The molecule has 2 unspecified atom stereocenters. The van der Waals surface area contributed by atoms with Gasteiger partial charge in [-0.05, 0) is 43.0 Å². The van der Waals surface area contributed by atoms with Crippen molar-refractivity contribution in [1.82, 2.24) is 15.2 Å². The van der Waals surface area contributed by atoms with E-state index in [1.807, 2.05) is 13.8 Å². The first-order valence-electron chi connectivity index (χ1n) is 12.4. The summed E-state index contributed by atoms with van der Waals surface area (Å²) in [6, 6.07) is 5.84. The number of methoxy groups -OCH3 is 1. The smallest absolute Gasteiger partial charge is 0.328 e. The lowest BCUT2D eigenvalue weighted by molar-refractivity contribution is -0.144. The number of ether oxygens (including phenoxy) is 1. The first-order chi connectivity index (χ1) is 18.2. The fourth-order valence-electron chi connectivity index (χ4n) is 5.21. The van der Waals surface area contributed by atoms with Gasteiger partial charge in [0.15, 0.2) is 0 Å². The predicted molar refractivity (Wildman–Crippen MR) is 139 cm³/mol. The van der Waals surface area contributed by atoms with E-state index in [9.17, 15) is 18.8 Å². The number of aromatic nitrogens is 1. The van der Waals surface area contributed by atoms with Crippen molar-refractivity contribution in [2.45, 2.75) is 45.2 Å². The van der Waals surface area contributed by atoms with Gasteiger partial charge in [0.25, 0.3) is 0 Å². The number of carbonyl (C=O) groups excluding carboxylic acids is 3. The van der Waals surface area contributed by atoms with Crippen molar-refractivity contribution in [3.05, 3.63) is 64.5 Å². The molecule has 38 heavy (non-hydrogen) atoms. The van der Waals surface area contributed by atoms with Gasteiger partial charge in [0.1, 0.15) is 11.9 Å². The molecule has 0 bridgehead atoms.